The molecule has 0 amide bonds. The summed E-state index contributed by atoms with van der Waals surface area (Å²) in [6.45, 7) is 0. The van der Waals surface area contributed by atoms with Crippen LogP contribution in [-0.2, 0) is 0 Å². The van der Waals surface area contributed by atoms with Crippen LogP contribution in [0.25, 0.3) is 3.58 Å². The molecule has 0 saturated heterocycles. The number of alkyl halides is 9. The molecule has 1 nitrogen and oxygen atoms in total. The number of methoxy groups -OCH3 is 1. The van der Waals surface area contributed by atoms with E-state index in [1.165, 1.54) is 18.2 Å². The first kappa shape index (κ1) is 20.9. The van der Waals surface area contributed by atoms with E-state index in [-0.39, 0.29) is 11.3 Å². The quantitative estimate of drug-likeness (QED) is 0.376. The molecule has 11 heteroatoms. The topological polar surface area (TPSA) is 9.23 Å². The van der Waals surface area contributed by atoms with Crippen molar-refractivity contribution in [3.8, 4) is 5.75 Å². The predicted molar refractivity (Wildman–Crippen MR) is 75.9 cm³/mol. The molecule has 24 heavy (non-hydrogen) atoms. The van der Waals surface area contributed by atoms with Crippen LogP contribution in [0.1, 0.15) is 5.56 Å². The molecule has 0 atom stereocenters. The molecule has 0 N–H and O–H groups in total. The van der Waals surface area contributed by atoms with Crippen LogP contribution < -0.4 is 4.74 Å². The van der Waals surface area contributed by atoms with Gasteiger partial charge in [-0.15, -0.1) is 0 Å². The van der Waals surface area contributed by atoms with Crippen molar-refractivity contribution in [1.82, 2.24) is 0 Å². The van der Waals surface area contributed by atoms with Crippen molar-refractivity contribution in [3.63, 3.8) is 0 Å². The maximum absolute atomic E-state index is 13.5. The molecule has 136 valence electrons. The summed E-state index contributed by atoms with van der Waals surface area (Å²) < 4.78 is 119. The summed E-state index contributed by atoms with van der Waals surface area (Å²) in [5, 5.41) is 0. The lowest BCUT2D eigenvalue weighted by Gasteiger charge is -2.32. The summed E-state index contributed by atoms with van der Waals surface area (Å²) in [5.41, 5.74) is -0.175. The number of hydrogen-bond acceptors (Lipinski definition) is 1. The Morgan fingerprint density at radius 3 is 1.88 bits per heavy atom. The molecule has 1 rings (SSSR count). The zero-order valence-electron chi connectivity index (χ0n) is 11.6. The van der Waals surface area contributed by atoms with Gasteiger partial charge in [-0.05, 0) is 28.7 Å². The van der Waals surface area contributed by atoms with Crippen LogP contribution in [0.2, 0.25) is 0 Å². The highest BCUT2D eigenvalue weighted by Gasteiger charge is 2.81. The number of allylic oxidation sites excluding steroid dienone is 1. The third-order valence-corrected chi connectivity index (χ3v) is 3.73. The van der Waals surface area contributed by atoms with Crippen molar-refractivity contribution >= 4 is 26.2 Å². The molecule has 0 aliphatic carbocycles. The monoisotopic (exact) mass is 478 g/mol. The summed E-state index contributed by atoms with van der Waals surface area (Å²) in [6, 6.07) is 5.14. The van der Waals surface area contributed by atoms with Crippen molar-refractivity contribution in [1.29, 1.82) is 0 Å². The second-order valence-corrected chi connectivity index (χ2v) is 5.62. The van der Waals surface area contributed by atoms with Gasteiger partial charge in [0.15, 0.2) is 0 Å². The van der Waals surface area contributed by atoms with Crippen LogP contribution in [-0.4, -0.2) is 31.1 Å². The van der Waals surface area contributed by atoms with E-state index in [4.69, 9.17) is 4.74 Å². The maximum atomic E-state index is 13.5. The molecule has 0 fully saturated rings. The lowest BCUT2D eigenvalue weighted by atomic mass is 10.0. The van der Waals surface area contributed by atoms with Gasteiger partial charge in [0, 0.05) is 15.2 Å². The molecule has 0 bridgehead atoms. The lowest BCUT2D eigenvalue weighted by Crippen LogP contribution is -2.60. The first-order chi connectivity index (χ1) is 10.7. The molecule has 0 heterocycles. The smallest absolute Gasteiger partial charge is 0.460 e. The van der Waals surface area contributed by atoms with Gasteiger partial charge in [0.2, 0.25) is 0 Å². The Morgan fingerprint density at radius 1 is 0.917 bits per heavy atom. The number of para-hydroxylation sites is 1. The normalized spacial score (nSPS) is 14.7. The van der Waals surface area contributed by atoms with Gasteiger partial charge in [-0.3, -0.25) is 0 Å². The van der Waals surface area contributed by atoms with E-state index in [0.29, 0.717) is 0 Å². The van der Waals surface area contributed by atoms with Crippen LogP contribution in [0.15, 0.2) is 30.3 Å². The highest BCUT2D eigenvalue weighted by atomic mass is 127. The van der Waals surface area contributed by atoms with Crippen LogP contribution in [0.5, 0.6) is 5.75 Å². The zero-order chi connectivity index (χ0) is 19.0. The third kappa shape index (κ3) is 3.59. The van der Waals surface area contributed by atoms with Gasteiger partial charge in [0.25, 0.3) is 0 Å². The van der Waals surface area contributed by atoms with E-state index >= 15 is 0 Å². The Balaban J connectivity index is 3.38. The minimum absolute atomic E-state index is 0.0557. The predicted octanol–water partition coefficient (Wildman–Crippen LogP) is 5.94. The molecule has 0 aliphatic heterocycles. The van der Waals surface area contributed by atoms with Gasteiger partial charge >= 0.3 is 23.9 Å². The highest BCUT2D eigenvalue weighted by Crippen LogP contribution is 2.54. The van der Waals surface area contributed by atoms with E-state index in [1.807, 2.05) is 0 Å². The second kappa shape index (κ2) is 6.64. The molecule has 0 saturated carbocycles. The molecule has 1 aromatic carbocycles. The minimum atomic E-state index is -6.92. The van der Waals surface area contributed by atoms with E-state index < -0.39 is 33.6 Å². The van der Waals surface area contributed by atoms with Crippen LogP contribution in [0, 0.1) is 0 Å². The highest BCUT2D eigenvalue weighted by molar-refractivity contribution is 14.1. The van der Waals surface area contributed by atoms with E-state index in [2.05, 4.69) is 0 Å². The summed E-state index contributed by atoms with van der Waals surface area (Å²) in [6.07, 6.45) is -7.49. The Hall–Kier alpha value is -1.14. The number of rotatable bonds is 5. The van der Waals surface area contributed by atoms with E-state index in [1.54, 1.807) is 0 Å². The van der Waals surface area contributed by atoms with E-state index in [9.17, 15) is 39.5 Å². The summed E-state index contributed by atoms with van der Waals surface area (Å²) >= 11 is 1.11. The molecule has 0 radical (unpaired) electrons. The largest absolute Gasteiger partial charge is 0.496 e. The standard InChI is InChI=1S/C13H8F9IO/c1-24-9-5-3-2-4-7(9)8(23)6-10(14,15)11(16,17)12(18,19)13(20,21)22/h2-6H,1H3/b8-6+. The first-order valence-electron chi connectivity index (χ1n) is 5.91. The molecule has 0 unspecified atom stereocenters. The number of benzene rings is 1. The van der Waals surface area contributed by atoms with Gasteiger partial charge in [-0.25, -0.2) is 0 Å². The molecule has 0 aliphatic rings. The number of halogens is 10. The first-order valence-corrected chi connectivity index (χ1v) is 6.99. The Morgan fingerprint density at radius 2 is 1.42 bits per heavy atom. The maximum Gasteiger partial charge on any atom is 0.460 e. The van der Waals surface area contributed by atoms with Gasteiger partial charge < -0.3 is 4.74 Å². The Kier molecular flexibility index (Phi) is 5.78. The Bertz CT molecular complexity index is 622. The van der Waals surface area contributed by atoms with Crippen molar-refractivity contribution < 1.29 is 44.3 Å². The summed E-state index contributed by atoms with van der Waals surface area (Å²) in [4.78, 5) is 0. The van der Waals surface area contributed by atoms with Crippen LogP contribution in [0.4, 0.5) is 39.5 Å². The second-order valence-electron chi connectivity index (χ2n) is 4.46. The van der Waals surface area contributed by atoms with Crippen molar-refractivity contribution in [2.75, 3.05) is 7.11 Å². The summed E-state index contributed by atoms with van der Waals surface area (Å²) in [5.74, 6) is -19.4. The molecular formula is C13H8F9IO. The molecular weight excluding hydrogens is 470 g/mol. The van der Waals surface area contributed by atoms with Crippen molar-refractivity contribution in [2.45, 2.75) is 23.9 Å². The van der Waals surface area contributed by atoms with Crippen LogP contribution in [0.3, 0.4) is 0 Å². The zero-order valence-corrected chi connectivity index (χ0v) is 13.7. The van der Waals surface area contributed by atoms with E-state index in [0.717, 1.165) is 35.8 Å². The molecule has 0 aromatic heterocycles. The average molecular weight is 478 g/mol. The lowest BCUT2D eigenvalue weighted by molar-refractivity contribution is -0.388. The fourth-order valence-electron chi connectivity index (χ4n) is 1.56. The molecule has 1 aromatic rings. The van der Waals surface area contributed by atoms with Gasteiger partial charge in [0.1, 0.15) is 5.75 Å². The minimum Gasteiger partial charge on any atom is -0.496 e. The fraction of sp³-hybridized carbons (Fsp3) is 0.385. The molecule has 0 spiro atoms. The SMILES string of the molecule is COc1ccccc1/C(I)=C\C(F)(F)C(F)(F)C(F)(F)C(F)(F)F. The number of hydrogen-bond donors (Lipinski definition) is 0. The fourth-order valence-corrected chi connectivity index (χ4v) is 2.39. The van der Waals surface area contributed by atoms with Gasteiger partial charge in [-0.2, -0.15) is 39.5 Å². The Labute approximate surface area is 143 Å². The van der Waals surface area contributed by atoms with Crippen molar-refractivity contribution in [2.24, 2.45) is 0 Å². The van der Waals surface area contributed by atoms with Crippen LogP contribution >= 0.6 is 22.6 Å². The van der Waals surface area contributed by atoms with Gasteiger partial charge in [-0.1, -0.05) is 18.2 Å². The van der Waals surface area contributed by atoms with Gasteiger partial charge in [0.05, 0.1) is 7.11 Å². The third-order valence-electron chi connectivity index (χ3n) is 2.84. The summed E-state index contributed by atoms with van der Waals surface area (Å²) in [7, 11) is 1.13. The average Bonchev–Trinajstić information content (AvgIpc) is 2.45. The van der Waals surface area contributed by atoms with Crippen molar-refractivity contribution in [3.05, 3.63) is 35.9 Å². The number of ether oxygens (including phenoxy) is 1.